The molecular weight excluding hydrogens is 332 g/mol. The van der Waals surface area contributed by atoms with Crippen molar-refractivity contribution in [3.05, 3.63) is 59.6 Å². The standard InChI is InChI=1S/C20H24N2O4/c1-13-11-15-12-25-10-9-18(15)19(13)14(2)26-17-7-5-16(6-8-17)21-20(23)22(3)24-4/h5-10,12-14H,11H2,1-4H3,(H,21,23). The molecule has 2 aliphatic rings. The van der Waals surface area contributed by atoms with Crippen LogP contribution in [0.1, 0.15) is 20.3 Å². The molecule has 0 bridgehead atoms. The summed E-state index contributed by atoms with van der Waals surface area (Å²) >= 11 is 0. The van der Waals surface area contributed by atoms with Crippen LogP contribution in [-0.2, 0) is 9.57 Å². The lowest BCUT2D eigenvalue weighted by Crippen LogP contribution is -2.30. The van der Waals surface area contributed by atoms with Gasteiger partial charge in [-0.05, 0) is 66.3 Å². The van der Waals surface area contributed by atoms with Crippen molar-refractivity contribution in [1.29, 1.82) is 0 Å². The molecule has 1 aromatic rings. The number of amides is 2. The number of ether oxygens (including phenoxy) is 2. The molecular formula is C20H24N2O4. The second-order valence-corrected chi connectivity index (χ2v) is 6.45. The minimum Gasteiger partial charge on any atom is -0.486 e. The Hall–Kier alpha value is -2.73. The van der Waals surface area contributed by atoms with Gasteiger partial charge in [0.2, 0.25) is 0 Å². The molecule has 1 aromatic carbocycles. The van der Waals surface area contributed by atoms with Crippen molar-refractivity contribution in [2.45, 2.75) is 26.4 Å². The first kappa shape index (κ1) is 18.1. The average Bonchev–Trinajstić information content (AvgIpc) is 2.98. The van der Waals surface area contributed by atoms with Crippen molar-refractivity contribution in [2.24, 2.45) is 5.92 Å². The van der Waals surface area contributed by atoms with Gasteiger partial charge < -0.3 is 14.8 Å². The summed E-state index contributed by atoms with van der Waals surface area (Å²) in [5, 5.41) is 3.86. The van der Waals surface area contributed by atoms with Crippen LogP contribution in [0, 0.1) is 5.92 Å². The third-order valence-corrected chi connectivity index (χ3v) is 4.65. The third-order valence-electron chi connectivity index (χ3n) is 4.65. The molecule has 6 nitrogen and oxygen atoms in total. The minimum absolute atomic E-state index is 0.0475. The van der Waals surface area contributed by atoms with E-state index in [1.54, 1.807) is 25.4 Å². The number of hydrogen-bond acceptors (Lipinski definition) is 4. The molecule has 0 saturated heterocycles. The van der Waals surface area contributed by atoms with E-state index in [1.807, 2.05) is 24.5 Å². The van der Waals surface area contributed by atoms with E-state index in [1.165, 1.54) is 23.8 Å². The minimum atomic E-state index is -0.341. The second kappa shape index (κ2) is 7.66. The van der Waals surface area contributed by atoms with Gasteiger partial charge in [0.1, 0.15) is 11.9 Å². The normalized spacial score (nSPS) is 19.4. The molecule has 6 heteroatoms. The highest BCUT2D eigenvalue weighted by atomic mass is 16.7. The van der Waals surface area contributed by atoms with Gasteiger partial charge in [-0.2, -0.15) is 0 Å². The molecule has 0 radical (unpaired) electrons. The van der Waals surface area contributed by atoms with Gasteiger partial charge >= 0.3 is 6.03 Å². The number of urea groups is 1. The number of nitrogens with zero attached hydrogens (tertiary/aromatic N) is 1. The molecule has 2 amide bonds. The van der Waals surface area contributed by atoms with Crippen molar-refractivity contribution in [3.8, 4) is 5.75 Å². The number of hydroxylamine groups is 2. The molecule has 138 valence electrons. The first-order valence-electron chi connectivity index (χ1n) is 8.60. The van der Waals surface area contributed by atoms with Gasteiger partial charge in [0.15, 0.2) is 0 Å². The molecule has 1 aliphatic heterocycles. The van der Waals surface area contributed by atoms with Crippen LogP contribution >= 0.6 is 0 Å². The molecule has 1 N–H and O–H groups in total. The third kappa shape index (κ3) is 3.75. The predicted octanol–water partition coefficient (Wildman–Crippen LogP) is 4.24. The maximum Gasteiger partial charge on any atom is 0.345 e. The summed E-state index contributed by atoms with van der Waals surface area (Å²) in [5.74, 6) is 1.17. The number of carbonyl (C=O) groups excluding carboxylic acids is 1. The molecule has 2 atom stereocenters. The summed E-state index contributed by atoms with van der Waals surface area (Å²) in [6.45, 7) is 4.27. The Kier molecular flexibility index (Phi) is 5.32. The summed E-state index contributed by atoms with van der Waals surface area (Å²) in [6.07, 6.45) is 6.46. The summed E-state index contributed by atoms with van der Waals surface area (Å²) in [6, 6.07) is 6.96. The van der Waals surface area contributed by atoms with Crippen LogP contribution in [0.25, 0.3) is 0 Å². The quantitative estimate of drug-likeness (QED) is 0.802. The molecule has 0 fully saturated rings. The average molecular weight is 356 g/mol. The van der Waals surface area contributed by atoms with Gasteiger partial charge in [0.25, 0.3) is 0 Å². The highest BCUT2D eigenvalue weighted by Gasteiger charge is 2.30. The zero-order chi connectivity index (χ0) is 18.7. The van der Waals surface area contributed by atoms with Crippen molar-refractivity contribution < 1.29 is 19.1 Å². The highest BCUT2D eigenvalue weighted by molar-refractivity contribution is 5.88. The SMILES string of the molecule is CON(C)C(=O)Nc1ccc(OC(C)C2=C3C=COC=C3CC2C)cc1. The fourth-order valence-corrected chi connectivity index (χ4v) is 3.33. The van der Waals surface area contributed by atoms with Crippen LogP contribution < -0.4 is 10.1 Å². The summed E-state index contributed by atoms with van der Waals surface area (Å²) in [7, 11) is 2.98. The smallest absolute Gasteiger partial charge is 0.345 e. The molecule has 0 saturated carbocycles. The Bertz CT molecular complexity index is 765. The zero-order valence-corrected chi connectivity index (χ0v) is 15.5. The monoisotopic (exact) mass is 356 g/mol. The van der Waals surface area contributed by atoms with Gasteiger partial charge in [-0.15, -0.1) is 0 Å². The van der Waals surface area contributed by atoms with E-state index in [2.05, 4.69) is 19.2 Å². The lowest BCUT2D eigenvalue weighted by atomic mass is 9.98. The Balaban J connectivity index is 1.68. The van der Waals surface area contributed by atoms with E-state index in [4.69, 9.17) is 14.3 Å². The number of hydrogen-bond donors (Lipinski definition) is 1. The van der Waals surface area contributed by atoms with Crippen LogP contribution in [0.5, 0.6) is 5.75 Å². The van der Waals surface area contributed by atoms with E-state index in [9.17, 15) is 4.79 Å². The van der Waals surface area contributed by atoms with E-state index in [0.717, 1.165) is 17.2 Å². The van der Waals surface area contributed by atoms with Gasteiger partial charge in [-0.1, -0.05) is 6.92 Å². The van der Waals surface area contributed by atoms with Crippen LogP contribution in [0.15, 0.2) is 59.6 Å². The van der Waals surface area contributed by atoms with E-state index >= 15 is 0 Å². The number of carbonyl (C=O) groups is 1. The van der Waals surface area contributed by atoms with Crippen LogP contribution in [0.4, 0.5) is 10.5 Å². The highest BCUT2D eigenvalue weighted by Crippen LogP contribution is 2.41. The fraction of sp³-hybridized carbons (Fsp3) is 0.350. The molecule has 0 aromatic heterocycles. The zero-order valence-electron chi connectivity index (χ0n) is 15.5. The Morgan fingerprint density at radius 3 is 2.77 bits per heavy atom. The van der Waals surface area contributed by atoms with Gasteiger partial charge in [0.05, 0.1) is 19.6 Å². The number of nitrogens with one attached hydrogen (secondary N) is 1. The Morgan fingerprint density at radius 1 is 1.35 bits per heavy atom. The van der Waals surface area contributed by atoms with E-state index < -0.39 is 0 Å². The lowest BCUT2D eigenvalue weighted by molar-refractivity contribution is -0.0598. The Morgan fingerprint density at radius 2 is 2.08 bits per heavy atom. The van der Waals surface area contributed by atoms with Gasteiger partial charge in [-0.3, -0.25) is 4.84 Å². The summed E-state index contributed by atoms with van der Waals surface area (Å²) in [4.78, 5) is 16.6. The second-order valence-electron chi connectivity index (χ2n) is 6.45. The number of allylic oxidation sites excluding steroid dienone is 3. The maximum absolute atomic E-state index is 11.8. The first-order chi connectivity index (χ1) is 12.5. The number of anilines is 1. The van der Waals surface area contributed by atoms with Crippen molar-refractivity contribution in [3.63, 3.8) is 0 Å². The van der Waals surface area contributed by atoms with Crippen molar-refractivity contribution in [1.82, 2.24) is 5.06 Å². The Labute approximate surface area is 153 Å². The fourth-order valence-electron chi connectivity index (χ4n) is 3.33. The van der Waals surface area contributed by atoms with Crippen molar-refractivity contribution in [2.75, 3.05) is 19.5 Å². The van der Waals surface area contributed by atoms with Crippen LogP contribution in [0.2, 0.25) is 0 Å². The van der Waals surface area contributed by atoms with E-state index in [0.29, 0.717) is 11.6 Å². The number of fused-ring (bicyclic) bond motifs is 1. The molecule has 2 unspecified atom stereocenters. The molecule has 0 spiro atoms. The molecule has 1 heterocycles. The molecule has 1 aliphatic carbocycles. The maximum atomic E-state index is 11.8. The first-order valence-corrected chi connectivity index (χ1v) is 8.60. The van der Waals surface area contributed by atoms with E-state index in [-0.39, 0.29) is 12.1 Å². The topological polar surface area (TPSA) is 60.0 Å². The number of benzene rings is 1. The predicted molar refractivity (Wildman–Crippen MR) is 99.4 cm³/mol. The van der Waals surface area contributed by atoms with Crippen molar-refractivity contribution >= 4 is 11.7 Å². The number of rotatable bonds is 5. The van der Waals surface area contributed by atoms with Crippen LogP contribution in [-0.4, -0.2) is 31.4 Å². The van der Waals surface area contributed by atoms with Gasteiger partial charge in [-0.25, -0.2) is 9.86 Å². The lowest BCUT2D eigenvalue weighted by Gasteiger charge is -2.21. The summed E-state index contributed by atoms with van der Waals surface area (Å²) < 4.78 is 11.4. The van der Waals surface area contributed by atoms with Gasteiger partial charge in [0, 0.05) is 12.7 Å². The largest absolute Gasteiger partial charge is 0.486 e. The summed E-state index contributed by atoms with van der Waals surface area (Å²) in [5.41, 5.74) is 4.41. The molecule has 3 rings (SSSR count). The molecule has 26 heavy (non-hydrogen) atoms. The van der Waals surface area contributed by atoms with Crippen LogP contribution in [0.3, 0.4) is 0 Å².